The maximum Gasteiger partial charge on any atom is 0.190 e. The molecule has 0 saturated carbocycles. The lowest BCUT2D eigenvalue weighted by Gasteiger charge is -2.47. The van der Waals surface area contributed by atoms with Crippen molar-refractivity contribution in [3.8, 4) is 0 Å². The van der Waals surface area contributed by atoms with Gasteiger partial charge in [-0.3, -0.25) is 0 Å². The van der Waals surface area contributed by atoms with Crippen LogP contribution >= 0.6 is 0 Å². The Hall–Kier alpha value is -3.06. The number of H-pyrrole nitrogens is 2. The fourth-order valence-electron chi connectivity index (χ4n) is 5.00. The highest BCUT2D eigenvalue weighted by Crippen LogP contribution is 2.58. The molecule has 2 unspecified atom stereocenters. The number of fused-ring (bicyclic) bond motifs is 1. The number of aromatic amines is 2. The predicted molar refractivity (Wildman–Crippen MR) is 91.2 cm³/mol. The van der Waals surface area contributed by atoms with Gasteiger partial charge in [0.25, 0.3) is 0 Å². The molecule has 2 N–H and O–H groups in total. The minimum Gasteiger partial charge on any atom is -1.00 e. The van der Waals surface area contributed by atoms with E-state index in [1.807, 2.05) is 12.4 Å². The van der Waals surface area contributed by atoms with E-state index in [2.05, 4.69) is 84.1 Å². The van der Waals surface area contributed by atoms with Crippen molar-refractivity contribution in [3.63, 3.8) is 0 Å². The van der Waals surface area contributed by atoms with E-state index < -0.39 is 5.41 Å². The molecule has 1 aromatic carbocycles. The van der Waals surface area contributed by atoms with Gasteiger partial charge in [0.1, 0.15) is 0 Å². The Morgan fingerprint density at radius 2 is 1.56 bits per heavy atom. The molecule has 8 heteroatoms. The largest absolute Gasteiger partial charge is 1.00 e. The average molecular weight is 378 g/mol. The van der Waals surface area contributed by atoms with Crippen LogP contribution in [0, 0.1) is 0 Å². The molecule has 4 aromatic rings. The van der Waals surface area contributed by atoms with Crippen LogP contribution in [-0.2, 0) is 5.41 Å². The first-order valence-electron chi connectivity index (χ1n) is 8.71. The summed E-state index contributed by atoms with van der Waals surface area (Å²) in [5.41, 5.74) is 5.40. The van der Waals surface area contributed by atoms with Gasteiger partial charge in [-0.25, -0.2) is 0 Å². The highest BCUT2D eigenvalue weighted by molar-refractivity contribution is 5.51. The van der Waals surface area contributed by atoms with Crippen LogP contribution in [0.25, 0.3) is 0 Å². The van der Waals surface area contributed by atoms with Crippen LogP contribution in [-0.4, -0.2) is 30.8 Å². The molecule has 0 saturated heterocycles. The number of nitrogens with one attached hydrogen (secondary N) is 2. The Morgan fingerprint density at radius 3 is 2.22 bits per heavy atom. The third-order valence-electron chi connectivity index (χ3n) is 5.97. The molecule has 0 amide bonds. The van der Waals surface area contributed by atoms with Crippen molar-refractivity contribution in [2.24, 2.45) is 0 Å². The maximum atomic E-state index is 4.51. The van der Waals surface area contributed by atoms with Gasteiger partial charge in [0.15, 0.2) is 17.9 Å². The third-order valence-corrected chi connectivity index (χ3v) is 5.97. The molecule has 0 radical (unpaired) electrons. The highest BCUT2D eigenvalue weighted by Gasteiger charge is 2.61. The molecule has 2 bridgehead atoms. The van der Waals surface area contributed by atoms with E-state index >= 15 is 0 Å². The van der Waals surface area contributed by atoms with E-state index in [0.29, 0.717) is 0 Å². The van der Waals surface area contributed by atoms with E-state index in [1.165, 1.54) is 16.8 Å². The lowest BCUT2D eigenvalue weighted by Crippen LogP contribution is -3.00. The van der Waals surface area contributed by atoms with Gasteiger partial charge < -0.3 is 12.4 Å². The van der Waals surface area contributed by atoms with Gasteiger partial charge >= 0.3 is 0 Å². The molecule has 3 aliphatic rings. The van der Waals surface area contributed by atoms with Crippen molar-refractivity contribution < 1.29 is 17.0 Å². The van der Waals surface area contributed by atoms with E-state index in [0.717, 1.165) is 17.8 Å². The second-order valence-electron chi connectivity index (χ2n) is 7.00. The number of halogens is 1. The number of aromatic nitrogens is 7. The SMILES string of the molecule is [Cl-].c1ccc2c(c1)C1CC(c3cn[nH]n3)(c3cn[nH]n3)C2c2cccc[n+]21. The van der Waals surface area contributed by atoms with Gasteiger partial charge in [-0.1, -0.05) is 30.3 Å². The van der Waals surface area contributed by atoms with E-state index in [9.17, 15) is 0 Å². The number of hydrogen-bond donors (Lipinski definition) is 2. The summed E-state index contributed by atoms with van der Waals surface area (Å²) in [7, 11) is 0. The predicted octanol–water partition coefficient (Wildman–Crippen LogP) is -1.36. The number of pyridine rings is 1. The van der Waals surface area contributed by atoms with Crippen molar-refractivity contribution in [1.82, 2.24) is 30.8 Å². The van der Waals surface area contributed by atoms with Crippen molar-refractivity contribution in [1.29, 1.82) is 0 Å². The van der Waals surface area contributed by atoms with Gasteiger partial charge in [-0.15, -0.1) is 0 Å². The molecule has 5 heterocycles. The van der Waals surface area contributed by atoms with E-state index in [-0.39, 0.29) is 24.4 Å². The standard InChI is InChI=1S/C19H16N7.ClH/c1-2-6-13-12(5-1)15-9-19(16-10-20-24-22-16,17-11-21-25-23-17)18(13)14-7-3-4-8-26(14)15;/h1-8,10-11,15,18H,9H2,(H,20,22,24)(H,21,23,25);1H/q+1;/p-1. The molecular weight excluding hydrogens is 362 g/mol. The Labute approximate surface area is 161 Å². The van der Waals surface area contributed by atoms with Gasteiger partial charge in [-0.2, -0.15) is 35.4 Å². The third kappa shape index (κ3) is 1.94. The van der Waals surface area contributed by atoms with Crippen LogP contribution in [0.3, 0.4) is 0 Å². The zero-order valence-corrected chi connectivity index (χ0v) is 15.0. The maximum absolute atomic E-state index is 4.51. The summed E-state index contributed by atoms with van der Waals surface area (Å²) >= 11 is 0. The summed E-state index contributed by atoms with van der Waals surface area (Å²) in [5, 5.41) is 22.8. The second-order valence-corrected chi connectivity index (χ2v) is 7.00. The topological polar surface area (TPSA) is 87.0 Å². The lowest BCUT2D eigenvalue weighted by atomic mass is 9.56. The van der Waals surface area contributed by atoms with Crippen molar-refractivity contribution in [2.45, 2.75) is 23.8 Å². The Morgan fingerprint density at radius 1 is 0.889 bits per heavy atom. The quantitative estimate of drug-likeness (QED) is 0.422. The first-order chi connectivity index (χ1) is 12.9. The number of hydrogen-bond acceptors (Lipinski definition) is 4. The lowest BCUT2D eigenvalue weighted by molar-refractivity contribution is -0.732. The zero-order chi connectivity index (χ0) is 17.1. The summed E-state index contributed by atoms with van der Waals surface area (Å²) < 4.78 is 2.39. The molecule has 1 aliphatic carbocycles. The van der Waals surface area contributed by atoms with Crippen LogP contribution in [0.5, 0.6) is 0 Å². The van der Waals surface area contributed by atoms with Crippen molar-refractivity contribution in [3.05, 3.63) is 89.3 Å². The van der Waals surface area contributed by atoms with E-state index in [4.69, 9.17) is 0 Å². The molecule has 2 aliphatic heterocycles. The molecule has 3 aromatic heterocycles. The summed E-state index contributed by atoms with van der Waals surface area (Å²) in [6.45, 7) is 0. The Kier molecular flexibility index (Phi) is 3.42. The minimum absolute atomic E-state index is 0. The molecule has 134 valence electrons. The monoisotopic (exact) mass is 377 g/mol. The van der Waals surface area contributed by atoms with Gasteiger partial charge in [0.05, 0.1) is 35.1 Å². The Balaban J connectivity index is 0.00000160. The normalized spacial score (nSPS) is 21.2. The molecule has 7 rings (SSSR count). The first-order valence-corrected chi connectivity index (χ1v) is 8.71. The number of nitrogens with zero attached hydrogens (tertiary/aromatic N) is 5. The van der Waals surface area contributed by atoms with Crippen LogP contribution in [0.15, 0.2) is 61.1 Å². The van der Waals surface area contributed by atoms with Gasteiger partial charge in [0, 0.05) is 24.1 Å². The fraction of sp³-hybridized carbons (Fsp3) is 0.211. The van der Waals surface area contributed by atoms with Crippen LogP contribution in [0.1, 0.15) is 46.6 Å². The van der Waals surface area contributed by atoms with Crippen LogP contribution in [0.4, 0.5) is 0 Å². The van der Waals surface area contributed by atoms with Crippen molar-refractivity contribution >= 4 is 0 Å². The molecule has 0 spiro atoms. The average Bonchev–Trinajstić information content (AvgIpc) is 3.42. The number of rotatable bonds is 2. The zero-order valence-electron chi connectivity index (χ0n) is 14.2. The van der Waals surface area contributed by atoms with Gasteiger partial charge in [0.2, 0.25) is 0 Å². The molecule has 2 atom stereocenters. The molecule has 27 heavy (non-hydrogen) atoms. The smallest absolute Gasteiger partial charge is 0.190 e. The highest BCUT2D eigenvalue weighted by atomic mass is 35.5. The summed E-state index contributed by atoms with van der Waals surface area (Å²) in [4.78, 5) is 0. The second kappa shape index (κ2) is 5.72. The van der Waals surface area contributed by atoms with Crippen molar-refractivity contribution in [2.75, 3.05) is 0 Å². The molecular formula is C19H16ClN7. The van der Waals surface area contributed by atoms with Crippen LogP contribution in [0.2, 0.25) is 0 Å². The Bertz CT molecular complexity index is 1010. The number of benzene rings is 1. The molecule has 0 fully saturated rings. The van der Waals surface area contributed by atoms with Gasteiger partial charge in [-0.05, 0) is 5.56 Å². The summed E-state index contributed by atoms with van der Waals surface area (Å²) in [5.74, 6) is 0.0973. The summed E-state index contributed by atoms with van der Waals surface area (Å²) in [6.07, 6.45) is 6.70. The fourth-order valence-corrected chi connectivity index (χ4v) is 5.00. The molecule has 7 nitrogen and oxygen atoms in total. The van der Waals surface area contributed by atoms with Crippen LogP contribution < -0.4 is 17.0 Å². The first kappa shape index (κ1) is 16.1. The summed E-state index contributed by atoms with van der Waals surface area (Å²) in [6, 6.07) is 15.3. The minimum atomic E-state index is -0.402. The van der Waals surface area contributed by atoms with E-state index in [1.54, 1.807) is 0 Å².